The zero-order valence-corrected chi connectivity index (χ0v) is 19.3. The summed E-state index contributed by atoms with van der Waals surface area (Å²) in [6.45, 7) is -0.0723. The molecule has 37 heavy (non-hydrogen) atoms. The van der Waals surface area contributed by atoms with Crippen LogP contribution in [0.25, 0.3) is 5.69 Å². The van der Waals surface area contributed by atoms with Gasteiger partial charge in [-0.05, 0) is 35.4 Å². The minimum atomic E-state index is -4.97. The molecule has 1 atom stereocenters. The molecule has 1 amide bonds. The first-order chi connectivity index (χ1) is 17.7. The summed E-state index contributed by atoms with van der Waals surface area (Å²) < 4.78 is 61.2. The van der Waals surface area contributed by atoms with Crippen molar-refractivity contribution in [3.63, 3.8) is 0 Å². The molecule has 0 bridgehead atoms. The highest BCUT2D eigenvalue weighted by atomic mass is 19.4. The van der Waals surface area contributed by atoms with Gasteiger partial charge in [-0.1, -0.05) is 60.7 Å². The van der Waals surface area contributed by atoms with Crippen LogP contribution in [0, 0.1) is 5.82 Å². The van der Waals surface area contributed by atoms with Gasteiger partial charge in [-0.3, -0.25) is 4.79 Å². The number of nitrogens with one attached hydrogen (secondary N) is 1. The third-order valence-electron chi connectivity index (χ3n) is 5.45. The van der Waals surface area contributed by atoms with E-state index in [1.54, 1.807) is 60.7 Å². The van der Waals surface area contributed by atoms with Crippen LogP contribution in [-0.4, -0.2) is 27.7 Å². The Morgan fingerprint density at radius 3 is 2.08 bits per heavy atom. The highest BCUT2D eigenvalue weighted by Gasteiger charge is 2.41. The smallest absolute Gasteiger partial charge is 0.434 e. The van der Waals surface area contributed by atoms with Gasteiger partial charge >= 0.3 is 12.1 Å². The van der Waals surface area contributed by atoms with E-state index >= 15 is 0 Å². The second-order valence-corrected chi connectivity index (χ2v) is 8.10. The number of aromatic nitrogens is 2. The Labute approximate surface area is 209 Å². The molecule has 6 nitrogen and oxygen atoms in total. The molecule has 4 rings (SSSR count). The van der Waals surface area contributed by atoms with Crippen LogP contribution < -0.4 is 5.32 Å². The largest absolute Gasteiger partial charge is 0.459 e. The maximum Gasteiger partial charge on any atom is 0.434 e. The average molecular weight is 511 g/mol. The van der Waals surface area contributed by atoms with E-state index in [1.165, 1.54) is 0 Å². The molecule has 0 aliphatic rings. The number of esters is 1. The maximum absolute atomic E-state index is 14.0. The van der Waals surface area contributed by atoms with Crippen molar-refractivity contribution < 1.29 is 31.9 Å². The minimum absolute atomic E-state index is 0.00630. The highest BCUT2D eigenvalue weighted by Crippen LogP contribution is 2.33. The number of rotatable bonds is 8. The molecule has 0 radical (unpaired) electrons. The van der Waals surface area contributed by atoms with Crippen LogP contribution in [0.5, 0.6) is 0 Å². The van der Waals surface area contributed by atoms with E-state index in [0.717, 1.165) is 30.5 Å². The summed E-state index contributed by atoms with van der Waals surface area (Å²) in [6, 6.07) is 20.4. The number of hydrogen-bond acceptors (Lipinski definition) is 4. The number of ether oxygens (including phenoxy) is 1. The van der Waals surface area contributed by atoms with Gasteiger partial charge < -0.3 is 10.1 Å². The Kier molecular flexibility index (Phi) is 7.66. The van der Waals surface area contributed by atoms with Gasteiger partial charge in [0.05, 0.1) is 17.4 Å². The van der Waals surface area contributed by atoms with E-state index in [0.29, 0.717) is 15.8 Å². The van der Waals surface area contributed by atoms with Crippen LogP contribution in [-0.2, 0) is 28.7 Å². The molecule has 0 saturated heterocycles. The number of benzene rings is 3. The fraction of sp³-hybridized carbons (Fsp3) is 0.148. The van der Waals surface area contributed by atoms with Crippen molar-refractivity contribution in [3.05, 3.63) is 119 Å². The Bertz CT molecular complexity index is 1360. The molecule has 3 aromatic carbocycles. The summed E-state index contributed by atoms with van der Waals surface area (Å²) in [4.78, 5) is 26.0. The molecule has 10 heteroatoms. The molecular formula is C27H21F4N3O3. The van der Waals surface area contributed by atoms with Crippen LogP contribution in [0.4, 0.5) is 17.6 Å². The first kappa shape index (κ1) is 25.6. The lowest BCUT2D eigenvalue weighted by molar-refractivity contribution is -0.147. The van der Waals surface area contributed by atoms with Crippen LogP contribution in [0.3, 0.4) is 0 Å². The van der Waals surface area contributed by atoms with Crippen molar-refractivity contribution in [2.75, 3.05) is 0 Å². The quantitative estimate of drug-likeness (QED) is 0.264. The lowest BCUT2D eigenvalue weighted by atomic mass is 10.1. The highest BCUT2D eigenvalue weighted by molar-refractivity contribution is 5.98. The Morgan fingerprint density at radius 2 is 1.49 bits per heavy atom. The molecule has 0 spiro atoms. The van der Waals surface area contributed by atoms with Crippen molar-refractivity contribution in [1.29, 1.82) is 0 Å². The molecule has 190 valence electrons. The van der Waals surface area contributed by atoms with Crippen molar-refractivity contribution in [3.8, 4) is 5.69 Å². The maximum atomic E-state index is 14.0. The van der Waals surface area contributed by atoms with Gasteiger partial charge in [0.1, 0.15) is 18.5 Å². The van der Waals surface area contributed by atoms with Gasteiger partial charge in [-0.2, -0.15) is 18.3 Å². The number of halogens is 4. The predicted molar refractivity (Wildman–Crippen MR) is 126 cm³/mol. The molecule has 4 aromatic rings. The van der Waals surface area contributed by atoms with Crippen molar-refractivity contribution >= 4 is 11.9 Å². The third kappa shape index (κ3) is 6.40. The van der Waals surface area contributed by atoms with E-state index < -0.39 is 41.2 Å². The normalized spacial score (nSPS) is 12.1. The van der Waals surface area contributed by atoms with Crippen molar-refractivity contribution in [2.45, 2.75) is 25.2 Å². The molecule has 0 aliphatic carbocycles. The van der Waals surface area contributed by atoms with E-state index in [4.69, 9.17) is 4.74 Å². The topological polar surface area (TPSA) is 73.2 Å². The number of carbonyl (C=O) groups excluding carboxylic acids is 2. The van der Waals surface area contributed by atoms with Crippen LogP contribution in [0.1, 0.15) is 27.2 Å². The standard InChI is InChI=1S/C27H21F4N3O3/c28-20-11-13-21(14-12-20)34-24(27(29,30)31)22(16-32-34)25(35)33-23(15-18-7-3-1-4-8-18)26(36)37-17-19-9-5-2-6-10-19/h1-14,16,23H,15,17H2,(H,33,35). The molecule has 0 saturated carbocycles. The molecular weight excluding hydrogens is 490 g/mol. The Hall–Kier alpha value is -4.47. The SMILES string of the molecule is O=C(NC(Cc1ccccc1)C(=O)OCc1ccccc1)c1cnn(-c2ccc(F)cc2)c1C(F)(F)F. The number of alkyl halides is 3. The zero-order chi connectivity index (χ0) is 26.4. The minimum Gasteiger partial charge on any atom is -0.459 e. The number of hydrogen-bond donors (Lipinski definition) is 1. The zero-order valence-electron chi connectivity index (χ0n) is 19.3. The van der Waals surface area contributed by atoms with E-state index in [2.05, 4.69) is 10.4 Å². The number of amides is 1. The van der Waals surface area contributed by atoms with Crippen LogP contribution >= 0.6 is 0 Å². The van der Waals surface area contributed by atoms with E-state index in [1.807, 2.05) is 0 Å². The summed E-state index contributed by atoms with van der Waals surface area (Å²) >= 11 is 0. The first-order valence-electron chi connectivity index (χ1n) is 11.2. The van der Waals surface area contributed by atoms with Crippen molar-refractivity contribution in [2.24, 2.45) is 0 Å². The third-order valence-corrected chi connectivity index (χ3v) is 5.45. The predicted octanol–water partition coefficient (Wildman–Crippen LogP) is 5.11. The Balaban J connectivity index is 1.61. The molecule has 1 N–H and O–H groups in total. The van der Waals surface area contributed by atoms with Gasteiger partial charge in [0.2, 0.25) is 0 Å². The second kappa shape index (κ2) is 11.1. The van der Waals surface area contributed by atoms with Gasteiger partial charge in [0, 0.05) is 6.42 Å². The number of nitrogens with zero attached hydrogens (tertiary/aromatic N) is 2. The fourth-order valence-electron chi connectivity index (χ4n) is 3.67. The number of carbonyl (C=O) groups is 2. The first-order valence-corrected chi connectivity index (χ1v) is 11.2. The summed E-state index contributed by atoms with van der Waals surface area (Å²) in [7, 11) is 0. The van der Waals surface area contributed by atoms with E-state index in [-0.39, 0.29) is 18.7 Å². The summed E-state index contributed by atoms with van der Waals surface area (Å²) in [6.07, 6.45) is -4.22. The Morgan fingerprint density at radius 1 is 0.892 bits per heavy atom. The van der Waals surface area contributed by atoms with Crippen LogP contribution in [0.15, 0.2) is 91.1 Å². The fourth-order valence-corrected chi connectivity index (χ4v) is 3.67. The second-order valence-electron chi connectivity index (χ2n) is 8.10. The van der Waals surface area contributed by atoms with E-state index in [9.17, 15) is 27.2 Å². The summed E-state index contributed by atoms with van der Waals surface area (Å²) in [5, 5.41) is 6.09. The molecule has 1 heterocycles. The van der Waals surface area contributed by atoms with Crippen molar-refractivity contribution in [1.82, 2.24) is 15.1 Å². The summed E-state index contributed by atoms with van der Waals surface area (Å²) in [5.74, 6) is -2.60. The van der Waals surface area contributed by atoms with Crippen LogP contribution in [0.2, 0.25) is 0 Å². The molecule has 1 aromatic heterocycles. The van der Waals surface area contributed by atoms with Gasteiger partial charge in [-0.25, -0.2) is 13.9 Å². The molecule has 0 fully saturated rings. The van der Waals surface area contributed by atoms with Gasteiger partial charge in [0.15, 0.2) is 5.69 Å². The average Bonchev–Trinajstić information content (AvgIpc) is 3.35. The molecule has 0 aliphatic heterocycles. The lowest BCUT2D eigenvalue weighted by Gasteiger charge is -2.19. The van der Waals surface area contributed by atoms with Gasteiger partial charge in [0.25, 0.3) is 5.91 Å². The van der Waals surface area contributed by atoms with Gasteiger partial charge in [-0.15, -0.1) is 0 Å². The summed E-state index contributed by atoms with van der Waals surface area (Å²) in [5.41, 5.74) is -0.850. The monoisotopic (exact) mass is 511 g/mol. The molecule has 1 unspecified atom stereocenters. The lowest BCUT2D eigenvalue weighted by Crippen LogP contribution is -2.43.